The number of carbonyl (C=O) groups is 1. The van der Waals surface area contributed by atoms with Gasteiger partial charge in [0.05, 0.1) is 18.6 Å². The SMILES string of the molecule is COc1ccccc1CCOC(=O)Oc1ccc([N+](=O)[O-])cc1. The zero-order chi connectivity index (χ0) is 16.7. The van der Waals surface area contributed by atoms with Crippen molar-refractivity contribution in [2.75, 3.05) is 13.7 Å². The quantitative estimate of drug-likeness (QED) is 0.351. The molecule has 0 N–H and O–H groups in total. The van der Waals surface area contributed by atoms with E-state index in [-0.39, 0.29) is 18.0 Å². The van der Waals surface area contributed by atoms with E-state index in [1.807, 2.05) is 24.3 Å². The molecule has 0 bridgehead atoms. The number of carbonyl (C=O) groups excluding carboxylic acids is 1. The van der Waals surface area contributed by atoms with E-state index in [1.165, 1.54) is 24.3 Å². The van der Waals surface area contributed by atoms with Gasteiger partial charge in [0.15, 0.2) is 0 Å². The lowest BCUT2D eigenvalue weighted by atomic mass is 10.1. The number of hydrogen-bond donors (Lipinski definition) is 0. The zero-order valence-corrected chi connectivity index (χ0v) is 12.4. The van der Waals surface area contributed by atoms with Crippen LogP contribution in [0.1, 0.15) is 5.56 Å². The van der Waals surface area contributed by atoms with E-state index < -0.39 is 11.1 Å². The molecule has 0 unspecified atom stereocenters. The van der Waals surface area contributed by atoms with E-state index in [2.05, 4.69) is 0 Å². The summed E-state index contributed by atoms with van der Waals surface area (Å²) in [7, 11) is 1.57. The highest BCUT2D eigenvalue weighted by atomic mass is 16.7. The Balaban J connectivity index is 1.82. The van der Waals surface area contributed by atoms with E-state index in [4.69, 9.17) is 14.2 Å². The van der Waals surface area contributed by atoms with E-state index in [0.717, 1.165) is 11.3 Å². The molecule has 7 nitrogen and oxygen atoms in total. The van der Waals surface area contributed by atoms with Gasteiger partial charge in [0.25, 0.3) is 5.69 Å². The van der Waals surface area contributed by atoms with E-state index in [0.29, 0.717) is 6.42 Å². The molecule has 0 aliphatic rings. The van der Waals surface area contributed by atoms with Gasteiger partial charge < -0.3 is 14.2 Å². The van der Waals surface area contributed by atoms with Crippen LogP contribution in [0.4, 0.5) is 10.5 Å². The molecule has 0 aromatic heterocycles. The van der Waals surface area contributed by atoms with Crippen molar-refractivity contribution in [3.05, 3.63) is 64.2 Å². The zero-order valence-electron chi connectivity index (χ0n) is 12.4. The van der Waals surface area contributed by atoms with Crippen molar-refractivity contribution < 1.29 is 23.9 Å². The van der Waals surface area contributed by atoms with Gasteiger partial charge in [0.1, 0.15) is 11.5 Å². The van der Waals surface area contributed by atoms with Crippen LogP contribution in [0, 0.1) is 10.1 Å². The molecule has 120 valence electrons. The maximum atomic E-state index is 11.6. The number of hydrogen-bond acceptors (Lipinski definition) is 6. The Morgan fingerprint density at radius 1 is 1.13 bits per heavy atom. The number of para-hydroxylation sites is 1. The van der Waals surface area contributed by atoms with Crippen LogP contribution in [-0.4, -0.2) is 24.8 Å². The second kappa shape index (κ2) is 7.79. The Bertz CT molecular complexity index is 683. The Hall–Kier alpha value is -3.09. The minimum atomic E-state index is -0.867. The fraction of sp³-hybridized carbons (Fsp3) is 0.188. The minimum absolute atomic E-state index is 0.0816. The van der Waals surface area contributed by atoms with Crippen molar-refractivity contribution in [3.8, 4) is 11.5 Å². The summed E-state index contributed by atoms with van der Waals surface area (Å²) in [6, 6.07) is 12.6. The number of non-ortho nitro benzene ring substituents is 1. The molecule has 2 rings (SSSR count). The number of benzene rings is 2. The number of nitro benzene ring substituents is 1. The molecule has 0 aliphatic carbocycles. The number of nitrogens with zero attached hydrogens (tertiary/aromatic N) is 1. The molecule has 23 heavy (non-hydrogen) atoms. The molecule has 7 heteroatoms. The first kappa shape index (κ1) is 16.3. The van der Waals surface area contributed by atoms with Crippen LogP contribution in [0.3, 0.4) is 0 Å². The van der Waals surface area contributed by atoms with Gasteiger partial charge in [-0.1, -0.05) is 18.2 Å². The highest BCUT2D eigenvalue weighted by molar-refractivity contribution is 5.64. The van der Waals surface area contributed by atoms with Crippen molar-refractivity contribution in [3.63, 3.8) is 0 Å². The lowest BCUT2D eigenvalue weighted by molar-refractivity contribution is -0.384. The highest BCUT2D eigenvalue weighted by Gasteiger charge is 2.10. The van der Waals surface area contributed by atoms with Crippen molar-refractivity contribution in [1.29, 1.82) is 0 Å². The summed E-state index contributed by atoms with van der Waals surface area (Å²) in [6.07, 6.45) is -0.381. The normalized spacial score (nSPS) is 9.96. The fourth-order valence-electron chi connectivity index (χ4n) is 1.92. The van der Waals surface area contributed by atoms with Gasteiger partial charge in [-0.05, 0) is 23.8 Å². The first-order valence-electron chi connectivity index (χ1n) is 6.81. The highest BCUT2D eigenvalue weighted by Crippen LogP contribution is 2.19. The van der Waals surface area contributed by atoms with Gasteiger partial charge >= 0.3 is 6.16 Å². The largest absolute Gasteiger partial charge is 0.513 e. The van der Waals surface area contributed by atoms with Gasteiger partial charge in [-0.2, -0.15) is 0 Å². The van der Waals surface area contributed by atoms with E-state index in [9.17, 15) is 14.9 Å². The molecule has 0 spiro atoms. The van der Waals surface area contributed by atoms with Gasteiger partial charge in [-0.25, -0.2) is 4.79 Å². The molecular formula is C16H15NO6. The van der Waals surface area contributed by atoms with Crippen molar-refractivity contribution in [1.82, 2.24) is 0 Å². The fourth-order valence-corrected chi connectivity index (χ4v) is 1.92. The lowest BCUT2D eigenvalue weighted by Gasteiger charge is -2.09. The molecule has 2 aromatic carbocycles. The van der Waals surface area contributed by atoms with Gasteiger partial charge in [-0.15, -0.1) is 0 Å². The molecule has 0 fully saturated rings. The summed E-state index contributed by atoms with van der Waals surface area (Å²) in [6.45, 7) is 0.131. The molecule has 0 saturated carbocycles. The summed E-state index contributed by atoms with van der Waals surface area (Å²) < 4.78 is 15.1. The summed E-state index contributed by atoms with van der Waals surface area (Å²) >= 11 is 0. The molecular weight excluding hydrogens is 302 g/mol. The Morgan fingerprint density at radius 3 is 2.48 bits per heavy atom. The summed E-state index contributed by atoms with van der Waals surface area (Å²) in [5.41, 5.74) is 0.833. The first-order valence-corrected chi connectivity index (χ1v) is 6.81. The van der Waals surface area contributed by atoms with E-state index >= 15 is 0 Å². The second-order valence-corrected chi connectivity index (χ2v) is 4.51. The van der Waals surface area contributed by atoms with Crippen molar-refractivity contribution in [2.45, 2.75) is 6.42 Å². The monoisotopic (exact) mass is 317 g/mol. The standard InChI is InChI=1S/C16H15NO6/c1-21-15-5-3-2-4-12(15)10-11-22-16(18)23-14-8-6-13(7-9-14)17(19)20/h2-9H,10-11H2,1H3. The lowest BCUT2D eigenvalue weighted by Crippen LogP contribution is -2.12. The number of methoxy groups -OCH3 is 1. The first-order chi connectivity index (χ1) is 11.1. The Labute approximate surface area is 132 Å². The third-order valence-corrected chi connectivity index (χ3v) is 3.03. The molecule has 0 heterocycles. The van der Waals surface area contributed by atoms with E-state index in [1.54, 1.807) is 7.11 Å². The van der Waals surface area contributed by atoms with Crippen LogP contribution in [-0.2, 0) is 11.2 Å². The molecule has 0 aliphatic heterocycles. The summed E-state index contributed by atoms with van der Waals surface area (Å²) in [5.74, 6) is 0.901. The number of nitro groups is 1. The van der Waals surface area contributed by atoms with Crippen LogP contribution < -0.4 is 9.47 Å². The minimum Gasteiger partial charge on any atom is -0.496 e. The van der Waals surface area contributed by atoms with Gasteiger partial charge in [0.2, 0.25) is 0 Å². The second-order valence-electron chi connectivity index (χ2n) is 4.51. The Morgan fingerprint density at radius 2 is 1.83 bits per heavy atom. The van der Waals surface area contributed by atoms with Crippen LogP contribution in [0.2, 0.25) is 0 Å². The van der Waals surface area contributed by atoms with Gasteiger partial charge in [-0.3, -0.25) is 10.1 Å². The third-order valence-electron chi connectivity index (χ3n) is 3.03. The smallest absolute Gasteiger partial charge is 0.496 e. The van der Waals surface area contributed by atoms with Crippen LogP contribution in [0.25, 0.3) is 0 Å². The van der Waals surface area contributed by atoms with Crippen molar-refractivity contribution >= 4 is 11.8 Å². The molecule has 0 radical (unpaired) electrons. The van der Waals surface area contributed by atoms with Gasteiger partial charge in [0, 0.05) is 18.6 Å². The number of rotatable bonds is 6. The average molecular weight is 317 g/mol. The predicted octanol–water partition coefficient (Wildman–Crippen LogP) is 3.36. The molecule has 2 aromatic rings. The average Bonchev–Trinajstić information content (AvgIpc) is 2.55. The topological polar surface area (TPSA) is 87.9 Å². The molecule has 0 saturated heterocycles. The van der Waals surface area contributed by atoms with Crippen LogP contribution >= 0.6 is 0 Å². The number of ether oxygens (including phenoxy) is 3. The molecule has 0 atom stereocenters. The predicted molar refractivity (Wildman–Crippen MR) is 81.8 cm³/mol. The van der Waals surface area contributed by atoms with Crippen molar-refractivity contribution in [2.24, 2.45) is 0 Å². The summed E-state index contributed by atoms with van der Waals surface area (Å²) in [4.78, 5) is 21.6. The Kier molecular flexibility index (Phi) is 5.51. The van der Waals surface area contributed by atoms with Crippen LogP contribution in [0.5, 0.6) is 11.5 Å². The maximum Gasteiger partial charge on any atom is 0.513 e. The summed E-state index contributed by atoms with van der Waals surface area (Å²) in [5, 5.41) is 10.5. The third kappa shape index (κ3) is 4.70. The maximum absolute atomic E-state index is 11.6. The molecule has 0 amide bonds. The van der Waals surface area contributed by atoms with Crippen LogP contribution in [0.15, 0.2) is 48.5 Å².